The minimum absolute atomic E-state index is 0.344. The monoisotopic (exact) mass is 415 g/mol. The molecule has 0 unspecified atom stereocenters. The quantitative estimate of drug-likeness (QED) is 0.774. The van der Waals surface area contributed by atoms with Crippen LogP contribution >= 0.6 is 0 Å². The van der Waals surface area contributed by atoms with Crippen molar-refractivity contribution in [1.29, 1.82) is 0 Å². The first-order valence-electron chi connectivity index (χ1n) is 11.3. The summed E-state index contributed by atoms with van der Waals surface area (Å²) in [5.41, 5.74) is 0.00888. The van der Waals surface area contributed by atoms with Gasteiger partial charge in [-0.05, 0) is 49.8 Å². The SMILES string of the molecule is COc1ccc2c3c1O[C@H]1C4(CC[C@@]5(O)[C@@H]([C@H]2O)N(CC2CC2)CC[C@]315)OCCO4. The van der Waals surface area contributed by atoms with Gasteiger partial charge in [-0.3, -0.25) is 4.90 Å². The molecule has 1 aromatic carbocycles. The third-order valence-electron chi connectivity index (χ3n) is 8.79. The topological polar surface area (TPSA) is 80.6 Å². The number of benzene rings is 1. The van der Waals surface area contributed by atoms with Gasteiger partial charge in [0.25, 0.3) is 0 Å². The molecule has 0 amide bonds. The Bertz CT molecular complexity index is 911. The standard InChI is InChI=1S/C23H29NO6/c1-27-15-5-4-14-16-18(15)30-20-21(16)8-9-24(12-13-2-3-13)19(17(14)25)22(21,26)6-7-23(20)28-10-11-29-23/h4-5,13,17,19-20,25-26H,2-3,6-12H2,1H3/t17-,19+,20+,21-,22+/m0/s1. The molecule has 6 aliphatic rings. The summed E-state index contributed by atoms with van der Waals surface area (Å²) in [5, 5.41) is 24.0. The first-order chi connectivity index (χ1) is 14.5. The fourth-order valence-corrected chi connectivity index (χ4v) is 7.42. The van der Waals surface area contributed by atoms with Crippen LogP contribution in [0.4, 0.5) is 0 Å². The molecule has 7 heteroatoms. The number of hydrogen-bond donors (Lipinski definition) is 2. The Morgan fingerprint density at radius 2 is 1.97 bits per heavy atom. The van der Waals surface area contributed by atoms with E-state index in [9.17, 15) is 10.2 Å². The second kappa shape index (κ2) is 5.70. The van der Waals surface area contributed by atoms with Gasteiger partial charge in [-0.25, -0.2) is 0 Å². The Morgan fingerprint density at radius 3 is 2.70 bits per heavy atom. The Kier molecular flexibility index (Phi) is 3.46. The summed E-state index contributed by atoms with van der Waals surface area (Å²) in [6.45, 7) is 2.85. The normalized spacial score (nSPS) is 42.8. The number of ether oxygens (including phenoxy) is 4. The van der Waals surface area contributed by atoms with Gasteiger partial charge >= 0.3 is 0 Å². The minimum atomic E-state index is -1.10. The molecule has 3 aliphatic carbocycles. The molecule has 162 valence electrons. The maximum absolute atomic E-state index is 12.5. The molecule has 2 bridgehead atoms. The maximum atomic E-state index is 12.5. The summed E-state index contributed by atoms with van der Waals surface area (Å²) >= 11 is 0. The van der Waals surface area contributed by atoms with Crippen molar-refractivity contribution >= 4 is 0 Å². The summed E-state index contributed by atoms with van der Waals surface area (Å²) in [4.78, 5) is 2.35. The molecule has 2 N–H and O–H groups in total. The zero-order valence-corrected chi connectivity index (χ0v) is 17.3. The predicted molar refractivity (Wildman–Crippen MR) is 106 cm³/mol. The second-order valence-corrected chi connectivity index (χ2v) is 10.0. The third-order valence-corrected chi connectivity index (χ3v) is 8.79. The number of piperidine rings is 1. The van der Waals surface area contributed by atoms with E-state index in [-0.39, 0.29) is 6.04 Å². The smallest absolute Gasteiger partial charge is 0.207 e. The van der Waals surface area contributed by atoms with Gasteiger partial charge < -0.3 is 29.2 Å². The van der Waals surface area contributed by atoms with Crippen LogP contribution in [0.1, 0.15) is 49.3 Å². The van der Waals surface area contributed by atoms with Gasteiger partial charge in [-0.2, -0.15) is 0 Å². The fraction of sp³-hybridized carbons (Fsp3) is 0.739. The van der Waals surface area contributed by atoms with Crippen molar-refractivity contribution in [3.05, 3.63) is 23.3 Å². The fourth-order valence-electron chi connectivity index (χ4n) is 7.42. The zero-order chi connectivity index (χ0) is 20.3. The van der Waals surface area contributed by atoms with Crippen LogP contribution in [-0.2, 0) is 14.9 Å². The summed E-state index contributed by atoms with van der Waals surface area (Å²) in [6, 6.07) is 3.49. The number of aliphatic hydroxyl groups excluding tert-OH is 1. The summed E-state index contributed by atoms with van der Waals surface area (Å²) in [5.74, 6) is 1.12. The lowest BCUT2D eigenvalue weighted by atomic mass is 9.47. The lowest BCUT2D eigenvalue weighted by molar-refractivity contribution is -0.304. The molecule has 2 spiro atoms. The Morgan fingerprint density at radius 1 is 1.17 bits per heavy atom. The van der Waals surface area contributed by atoms with Gasteiger partial charge in [-0.1, -0.05) is 6.07 Å². The molecule has 30 heavy (non-hydrogen) atoms. The van der Waals surface area contributed by atoms with Crippen LogP contribution < -0.4 is 9.47 Å². The van der Waals surface area contributed by atoms with Crippen LogP contribution in [0.15, 0.2) is 12.1 Å². The number of aliphatic hydroxyl groups is 2. The van der Waals surface area contributed by atoms with Crippen molar-refractivity contribution in [3.63, 3.8) is 0 Å². The van der Waals surface area contributed by atoms with Crippen molar-refractivity contribution in [1.82, 2.24) is 4.90 Å². The summed E-state index contributed by atoms with van der Waals surface area (Å²) < 4.78 is 24.6. The molecule has 3 aliphatic heterocycles. The minimum Gasteiger partial charge on any atom is -0.493 e. The molecule has 0 radical (unpaired) electrons. The average molecular weight is 415 g/mol. The highest BCUT2D eigenvalue weighted by molar-refractivity contribution is 5.64. The van der Waals surface area contributed by atoms with E-state index in [2.05, 4.69) is 4.90 Å². The van der Waals surface area contributed by atoms with Crippen molar-refractivity contribution in [2.45, 2.75) is 67.2 Å². The molecule has 2 saturated carbocycles. The number of methoxy groups -OCH3 is 1. The molecule has 4 fully saturated rings. The van der Waals surface area contributed by atoms with E-state index in [0.717, 1.165) is 30.6 Å². The molecule has 1 aromatic rings. The van der Waals surface area contributed by atoms with E-state index in [1.54, 1.807) is 7.11 Å². The van der Waals surface area contributed by atoms with Gasteiger partial charge in [0.2, 0.25) is 5.79 Å². The lowest BCUT2D eigenvalue weighted by Crippen LogP contribution is -2.80. The van der Waals surface area contributed by atoms with Crippen LogP contribution in [0.5, 0.6) is 11.5 Å². The Balaban J connectivity index is 1.47. The van der Waals surface area contributed by atoms with Crippen molar-refractivity contribution in [3.8, 4) is 11.5 Å². The van der Waals surface area contributed by atoms with E-state index in [0.29, 0.717) is 43.5 Å². The first-order valence-corrected chi connectivity index (χ1v) is 11.3. The first kappa shape index (κ1) is 18.2. The van der Waals surface area contributed by atoms with Crippen LogP contribution in [0, 0.1) is 5.92 Å². The van der Waals surface area contributed by atoms with E-state index in [1.165, 1.54) is 12.8 Å². The predicted octanol–water partition coefficient (Wildman–Crippen LogP) is 1.49. The van der Waals surface area contributed by atoms with Crippen molar-refractivity contribution in [2.24, 2.45) is 5.92 Å². The van der Waals surface area contributed by atoms with Crippen molar-refractivity contribution < 1.29 is 29.2 Å². The summed E-state index contributed by atoms with van der Waals surface area (Å²) in [6.07, 6.45) is 3.12. The zero-order valence-electron chi connectivity index (χ0n) is 17.3. The van der Waals surface area contributed by atoms with Crippen LogP contribution in [0.2, 0.25) is 0 Å². The van der Waals surface area contributed by atoms with E-state index < -0.39 is 29.0 Å². The number of hydrogen-bond acceptors (Lipinski definition) is 7. The highest BCUT2D eigenvalue weighted by Crippen LogP contribution is 2.69. The molecule has 2 saturated heterocycles. The van der Waals surface area contributed by atoms with Gasteiger partial charge in [0.05, 0.1) is 43.5 Å². The molecule has 7 rings (SSSR count). The molecule has 0 aromatic heterocycles. The maximum Gasteiger partial charge on any atom is 0.207 e. The second-order valence-electron chi connectivity index (χ2n) is 10.0. The molecule has 5 atom stereocenters. The Labute approximate surface area is 175 Å². The Hall–Kier alpha value is -1.38. The van der Waals surface area contributed by atoms with Gasteiger partial charge in [0, 0.05) is 18.5 Å². The van der Waals surface area contributed by atoms with Gasteiger partial charge in [0.1, 0.15) is 0 Å². The summed E-state index contributed by atoms with van der Waals surface area (Å²) in [7, 11) is 1.63. The van der Waals surface area contributed by atoms with E-state index >= 15 is 0 Å². The largest absolute Gasteiger partial charge is 0.493 e. The highest BCUT2D eigenvalue weighted by atomic mass is 16.8. The van der Waals surface area contributed by atoms with E-state index in [4.69, 9.17) is 18.9 Å². The van der Waals surface area contributed by atoms with Crippen LogP contribution in [0.3, 0.4) is 0 Å². The highest BCUT2D eigenvalue weighted by Gasteiger charge is 2.78. The van der Waals surface area contributed by atoms with E-state index in [1.807, 2.05) is 12.1 Å². The number of rotatable bonds is 3. The van der Waals surface area contributed by atoms with Crippen molar-refractivity contribution in [2.75, 3.05) is 33.4 Å². The number of nitrogens with zero attached hydrogens (tertiary/aromatic N) is 1. The van der Waals surface area contributed by atoms with Gasteiger partial charge in [-0.15, -0.1) is 0 Å². The molecule has 3 heterocycles. The lowest BCUT2D eigenvalue weighted by Gasteiger charge is -2.66. The average Bonchev–Trinajstić information content (AvgIpc) is 3.30. The van der Waals surface area contributed by atoms with Gasteiger partial charge in [0.15, 0.2) is 17.6 Å². The molecular weight excluding hydrogens is 386 g/mol. The molecule has 7 nitrogen and oxygen atoms in total. The van der Waals surface area contributed by atoms with Crippen LogP contribution in [0.25, 0.3) is 0 Å². The van der Waals surface area contributed by atoms with Crippen LogP contribution in [-0.4, -0.2) is 72.1 Å². The number of fused-ring (bicyclic) bond motifs is 1. The third kappa shape index (κ3) is 1.91. The number of likely N-dealkylation sites (tertiary alicyclic amines) is 1. The molecular formula is C23H29NO6.